The smallest absolute Gasteiger partial charge is 0.254 e. The maximum atomic E-state index is 10.9. The van der Waals surface area contributed by atoms with Gasteiger partial charge in [-0.05, 0) is 6.92 Å². The Morgan fingerprint density at radius 1 is 1.57 bits per heavy atom. The number of rotatable bonds is 1. The van der Waals surface area contributed by atoms with E-state index in [0.717, 1.165) is 5.69 Å². The van der Waals surface area contributed by atoms with Gasteiger partial charge in [0.2, 0.25) is 0 Å². The minimum Gasteiger partial charge on any atom is -0.383 e. The van der Waals surface area contributed by atoms with Crippen LogP contribution in [0.5, 0.6) is 0 Å². The fourth-order valence-corrected chi connectivity index (χ4v) is 1.26. The van der Waals surface area contributed by atoms with Gasteiger partial charge in [-0.1, -0.05) is 0 Å². The van der Waals surface area contributed by atoms with Gasteiger partial charge in [0.1, 0.15) is 5.82 Å². The van der Waals surface area contributed by atoms with E-state index >= 15 is 0 Å². The molecule has 4 N–H and O–H groups in total. The Bertz CT molecular complexity index is 516. The highest BCUT2D eigenvalue weighted by Crippen LogP contribution is 2.12. The van der Waals surface area contributed by atoms with Gasteiger partial charge in [0, 0.05) is 12.3 Å². The van der Waals surface area contributed by atoms with E-state index in [4.69, 9.17) is 11.5 Å². The lowest BCUT2D eigenvalue weighted by molar-refractivity contribution is 0.100. The number of fused-ring (bicyclic) bond motifs is 1. The lowest BCUT2D eigenvalue weighted by Crippen LogP contribution is -2.16. The third-order valence-electron chi connectivity index (χ3n) is 1.91. The molecule has 0 saturated heterocycles. The van der Waals surface area contributed by atoms with Crippen molar-refractivity contribution in [2.24, 2.45) is 5.73 Å². The molecule has 0 radical (unpaired) electrons. The molecule has 2 rings (SSSR count). The van der Waals surface area contributed by atoms with Crippen molar-refractivity contribution < 1.29 is 4.79 Å². The van der Waals surface area contributed by atoms with Crippen molar-refractivity contribution in [3.05, 3.63) is 23.5 Å². The van der Waals surface area contributed by atoms with E-state index in [1.165, 1.54) is 10.7 Å². The van der Waals surface area contributed by atoms with E-state index in [0.29, 0.717) is 5.65 Å². The quantitative estimate of drug-likeness (QED) is 0.647. The minimum absolute atomic E-state index is 0.181. The Balaban J connectivity index is 2.80. The second-order valence-electron chi connectivity index (χ2n) is 2.98. The number of carbonyl (C=O) groups is 1. The number of nitrogens with zero attached hydrogens (tertiary/aromatic N) is 3. The summed E-state index contributed by atoms with van der Waals surface area (Å²) in [6, 6.07) is 1.77. The van der Waals surface area contributed by atoms with E-state index in [1.54, 1.807) is 6.07 Å². The van der Waals surface area contributed by atoms with Crippen molar-refractivity contribution in [3.8, 4) is 0 Å². The van der Waals surface area contributed by atoms with E-state index in [9.17, 15) is 4.79 Å². The number of hydrogen-bond acceptors (Lipinski definition) is 4. The van der Waals surface area contributed by atoms with Crippen LogP contribution >= 0.6 is 0 Å². The molecule has 0 saturated carbocycles. The molecule has 0 fully saturated rings. The molecule has 0 aromatic carbocycles. The zero-order valence-electron chi connectivity index (χ0n) is 7.56. The Labute approximate surface area is 79.5 Å². The lowest BCUT2D eigenvalue weighted by atomic mass is 10.3. The second-order valence-corrected chi connectivity index (χ2v) is 2.98. The highest BCUT2D eigenvalue weighted by Gasteiger charge is 2.11. The molecule has 72 valence electrons. The van der Waals surface area contributed by atoms with E-state index in [1.807, 2.05) is 6.92 Å². The van der Waals surface area contributed by atoms with Crippen LogP contribution in [0.15, 0.2) is 12.3 Å². The van der Waals surface area contributed by atoms with E-state index in [-0.39, 0.29) is 11.4 Å². The monoisotopic (exact) mass is 191 g/mol. The summed E-state index contributed by atoms with van der Waals surface area (Å²) < 4.78 is 1.40. The fraction of sp³-hybridized carbons (Fsp3) is 0.125. The molecule has 2 aromatic heterocycles. The predicted octanol–water partition coefficient (Wildman–Crippen LogP) is -0.281. The lowest BCUT2D eigenvalue weighted by Gasteiger charge is -2.02. The Kier molecular flexibility index (Phi) is 1.63. The van der Waals surface area contributed by atoms with Crippen LogP contribution in [0.4, 0.5) is 5.82 Å². The molecule has 2 aromatic rings. The number of anilines is 1. The summed E-state index contributed by atoms with van der Waals surface area (Å²) in [5.74, 6) is -0.388. The summed E-state index contributed by atoms with van der Waals surface area (Å²) >= 11 is 0. The maximum absolute atomic E-state index is 10.9. The molecule has 0 bridgehead atoms. The maximum Gasteiger partial charge on any atom is 0.254 e. The van der Waals surface area contributed by atoms with Crippen molar-refractivity contribution in [2.75, 3.05) is 5.73 Å². The number of aryl methyl sites for hydroxylation is 1. The Hall–Kier alpha value is -2.11. The molecular formula is C8H9N5O. The third-order valence-corrected chi connectivity index (χ3v) is 1.91. The van der Waals surface area contributed by atoms with Crippen molar-refractivity contribution in [1.82, 2.24) is 14.6 Å². The number of nitrogen functional groups attached to an aromatic ring is 1. The molecule has 1 amide bonds. The molecule has 0 atom stereocenters. The molecule has 0 unspecified atom stereocenters. The third kappa shape index (κ3) is 1.08. The van der Waals surface area contributed by atoms with Gasteiger partial charge in [-0.3, -0.25) is 4.79 Å². The number of amides is 1. The number of hydrogen-bond donors (Lipinski definition) is 2. The zero-order valence-corrected chi connectivity index (χ0v) is 7.56. The van der Waals surface area contributed by atoms with Gasteiger partial charge in [-0.25, -0.2) is 4.98 Å². The molecule has 0 aliphatic rings. The summed E-state index contributed by atoms with van der Waals surface area (Å²) in [5, 5.41) is 4.08. The van der Waals surface area contributed by atoms with Crippen LogP contribution in [-0.2, 0) is 0 Å². The number of nitrogens with two attached hydrogens (primary N) is 2. The van der Waals surface area contributed by atoms with Gasteiger partial charge in [-0.15, -0.1) is 0 Å². The van der Waals surface area contributed by atoms with Crippen LogP contribution in [0, 0.1) is 6.92 Å². The average molecular weight is 191 g/mol. The first-order chi connectivity index (χ1) is 6.59. The van der Waals surface area contributed by atoms with Crippen molar-refractivity contribution in [2.45, 2.75) is 6.92 Å². The van der Waals surface area contributed by atoms with Crippen molar-refractivity contribution >= 4 is 17.4 Å². The van der Waals surface area contributed by atoms with Gasteiger partial charge < -0.3 is 11.5 Å². The summed E-state index contributed by atoms with van der Waals surface area (Å²) in [6.07, 6.45) is 1.36. The second kappa shape index (κ2) is 2.69. The number of primary amides is 1. The predicted molar refractivity (Wildman–Crippen MR) is 50.7 cm³/mol. The molecule has 0 aliphatic heterocycles. The van der Waals surface area contributed by atoms with Crippen LogP contribution in [0.25, 0.3) is 5.65 Å². The van der Waals surface area contributed by atoms with Crippen LogP contribution in [0.1, 0.15) is 16.1 Å². The molecule has 6 heteroatoms. The summed E-state index contributed by atoms with van der Waals surface area (Å²) in [6.45, 7) is 1.82. The first kappa shape index (κ1) is 8.49. The standard InChI is InChI=1S/C8H9N5O/c1-4-2-6-11-3-5(8(10)14)7(9)13(6)12-4/h2-3H,9H2,1H3,(H2,10,14). The SMILES string of the molecule is Cc1cc2ncc(C(N)=O)c(N)n2n1. The van der Waals surface area contributed by atoms with Crippen molar-refractivity contribution in [1.29, 1.82) is 0 Å². The van der Waals surface area contributed by atoms with E-state index < -0.39 is 5.91 Å². The molecule has 0 spiro atoms. The molecular weight excluding hydrogens is 182 g/mol. The molecule has 2 heterocycles. The van der Waals surface area contributed by atoms with Crippen LogP contribution in [0.3, 0.4) is 0 Å². The summed E-state index contributed by atoms with van der Waals surface area (Å²) in [4.78, 5) is 14.9. The largest absolute Gasteiger partial charge is 0.383 e. The van der Waals surface area contributed by atoms with Gasteiger partial charge >= 0.3 is 0 Å². The minimum atomic E-state index is -0.606. The first-order valence-corrected chi connectivity index (χ1v) is 4.00. The topological polar surface area (TPSA) is 99.3 Å². The van der Waals surface area contributed by atoms with E-state index in [2.05, 4.69) is 10.1 Å². The molecule has 0 aliphatic carbocycles. The average Bonchev–Trinajstić information content (AvgIpc) is 2.46. The van der Waals surface area contributed by atoms with Gasteiger partial charge in [0.25, 0.3) is 5.91 Å². The number of carbonyl (C=O) groups excluding carboxylic acids is 1. The first-order valence-electron chi connectivity index (χ1n) is 4.00. The van der Waals surface area contributed by atoms with Crippen molar-refractivity contribution in [3.63, 3.8) is 0 Å². The van der Waals surface area contributed by atoms with Crippen LogP contribution in [0.2, 0.25) is 0 Å². The van der Waals surface area contributed by atoms with Crippen LogP contribution in [-0.4, -0.2) is 20.5 Å². The molecule has 6 nitrogen and oxygen atoms in total. The highest BCUT2D eigenvalue weighted by molar-refractivity contribution is 5.97. The summed E-state index contributed by atoms with van der Waals surface area (Å²) in [7, 11) is 0. The molecule has 14 heavy (non-hydrogen) atoms. The van der Waals surface area contributed by atoms with Gasteiger partial charge in [0.05, 0.1) is 11.3 Å². The fourth-order valence-electron chi connectivity index (χ4n) is 1.26. The Morgan fingerprint density at radius 3 is 2.93 bits per heavy atom. The Morgan fingerprint density at radius 2 is 2.29 bits per heavy atom. The summed E-state index contributed by atoms with van der Waals surface area (Å²) in [5.41, 5.74) is 12.4. The van der Waals surface area contributed by atoms with Gasteiger partial charge in [-0.2, -0.15) is 9.61 Å². The van der Waals surface area contributed by atoms with Gasteiger partial charge in [0.15, 0.2) is 5.65 Å². The number of aromatic nitrogens is 3. The highest BCUT2D eigenvalue weighted by atomic mass is 16.1. The zero-order chi connectivity index (χ0) is 10.3. The normalized spacial score (nSPS) is 10.6. The van der Waals surface area contributed by atoms with Crippen LogP contribution < -0.4 is 11.5 Å².